The number of hydrogen-bond donors (Lipinski definition) is 2. The van der Waals surface area contributed by atoms with Gasteiger partial charge >= 0.3 is 0 Å². The second kappa shape index (κ2) is 5.95. The van der Waals surface area contributed by atoms with Crippen molar-refractivity contribution < 1.29 is 19.4 Å². The van der Waals surface area contributed by atoms with E-state index in [2.05, 4.69) is 24.3 Å². The number of nitrogens with one attached hydrogen (secondary N) is 2. The number of carbonyl (C=O) groups is 2. The molecule has 0 radical (unpaired) electrons. The summed E-state index contributed by atoms with van der Waals surface area (Å²) in [4.78, 5) is 27.8. The van der Waals surface area contributed by atoms with Crippen LogP contribution >= 0.6 is 0 Å². The van der Waals surface area contributed by atoms with Crippen LogP contribution in [-0.4, -0.2) is 56.0 Å². The maximum atomic E-state index is 12.1. The Morgan fingerprint density at radius 2 is 1.76 bits per heavy atom. The van der Waals surface area contributed by atoms with Gasteiger partial charge in [-0.05, 0) is 0 Å². The number of nitrogens with zero attached hydrogens (tertiary/aromatic N) is 1. The quantitative estimate of drug-likeness (QED) is 0.616. The van der Waals surface area contributed by atoms with Crippen molar-refractivity contribution in [2.45, 2.75) is 19.0 Å². The average molecular weight is 289 g/mol. The van der Waals surface area contributed by atoms with Gasteiger partial charge < -0.3 is 9.80 Å². The monoisotopic (exact) mass is 289 g/mol. The molecule has 0 spiro atoms. The number of imide groups is 1. The van der Waals surface area contributed by atoms with E-state index in [1.54, 1.807) is 11.9 Å². The third-order valence-electron chi connectivity index (χ3n) is 4.77. The van der Waals surface area contributed by atoms with Gasteiger partial charge in [0, 0.05) is 12.6 Å². The summed E-state index contributed by atoms with van der Waals surface area (Å²) in [5.41, 5.74) is 1.36. The fourth-order valence-corrected chi connectivity index (χ4v) is 3.41. The summed E-state index contributed by atoms with van der Waals surface area (Å²) in [6, 6.07) is 10.4. The van der Waals surface area contributed by atoms with Crippen LogP contribution in [0.1, 0.15) is 12.0 Å². The number of likely N-dealkylation sites (N-methyl/N-ethyl adjacent to an activating group) is 1. The topological polar surface area (TPSA) is 46.3 Å². The highest BCUT2D eigenvalue weighted by Crippen LogP contribution is 2.07. The highest BCUT2D eigenvalue weighted by Gasteiger charge is 2.44. The minimum absolute atomic E-state index is 0.00140. The predicted molar refractivity (Wildman–Crippen MR) is 77.7 cm³/mol. The minimum Gasteiger partial charge on any atom is -0.322 e. The second-order valence-corrected chi connectivity index (χ2v) is 6.12. The lowest BCUT2D eigenvalue weighted by molar-refractivity contribution is -1.02. The Morgan fingerprint density at radius 3 is 2.33 bits per heavy atom. The lowest BCUT2D eigenvalue weighted by atomic mass is 10.1. The van der Waals surface area contributed by atoms with Crippen LogP contribution in [0.3, 0.4) is 0 Å². The summed E-state index contributed by atoms with van der Waals surface area (Å²) in [7, 11) is 1.60. The third-order valence-corrected chi connectivity index (χ3v) is 4.77. The highest BCUT2D eigenvalue weighted by atomic mass is 16.2. The number of amides is 2. The van der Waals surface area contributed by atoms with E-state index in [0.29, 0.717) is 6.42 Å². The van der Waals surface area contributed by atoms with Gasteiger partial charge in [-0.25, -0.2) is 0 Å². The Balaban J connectivity index is 1.54. The van der Waals surface area contributed by atoms with Gasteiger partial charge in [-0.3, -0.25) is 14.5 Å². The van der Waals surface area contributed by atoms with Crippen molar-refractivity contribution in [3.63, 3.8) is 0 Å². The molecular weight excluding hydrogens is 266 g/mol. The zero-order valence-corrected chi connectivity index (χ0v) is 12.5. The molecule has 2 saturated heterocycles. The van der Waals surface area contributed by atoms with E-state index >= 15 is 0 Å². The number of benzene rings is 1. The molecule has 1 aromatic carbocycles. The van der Waals surface area contributed by atoms with Crippen molar-refractivity contribution in [2.75, 3.05) is 33.2 Å². The fraction of sp³-hybridized carbons (Fsp3) is 0.500. The van der Waals surface area contributed by atoms with E-state index < -0.39 is 0 Å². The zero-order valence-electron chi connectivity index (χ0n) is 12.5. The van der Waals surface area contributed by atoms with Crippen LogP contribution in [0, 0.1) is 0 Å². The number of quaternary nitrogens is 2. The molecule has 3 rings (SSSR count). The number of carbonyl (C=O) groups excluding carboxylic acids is 2. The first-order valence-electron chi connectivity index (χ1n) is 7.67. The minimum atomic E-state index is -0.138. The normalized spacial score (nSPS) is 30.0. The first-order valence-corrected chi connectivity index (χ1v) is 7.67. The van der Waals surface area contributed by atoms with Crippen molar-refractivity contribution in [1.29, 1.82) is 0 Å². The van der Waals surface area contributed by atoms with E-state index in [0.717, 1.165) is 32.7 Å². The Labute approximate surface area is 125 Å². The average Bonchev–Trinajstić information content (AvgIpc) is 2.77. The molecule has 1 atom stereocenters. The molecule has 5 heteroatoms. The van der Waals surface area contributed by atoms with Gasteiger partial charge in [0.05, 0.1) is 6.42 Å². The Bertz CT molecular complexity index is 524. The molecule has 0 unspecified atom stereocenters. The summed E-state index contributed by atoms with van der Waals surface area (Å²) in [6.45, 7) is 5.11. The Hall–Kier alpha value is -1.72. The van der Waals surface area contributed by atoms with Gasteiger partial charge in [0.15, 0.2) is 6.04 Å². The van der Waals surface area contributed by atoms with Crippen molar-refractivity contribution in [2.24, 2.45) is 0 Å². The van der Waals surface area contributed by atoms with Crippen LogP contribution in [0.5, 0.6) is 0 Å². The zero-order chi connectivity index (χ0) is 14.8. The van der Waals surface area contributed by atoms with E-state index in [4.69, 9.17) is 0 Å². The molecular formula is C16H23N3O2+2. The second-order valence-electron chi connectivity index (χ2n) is 6.12. The molecule has 2 fully saturated rings. The van der Waals surface area contributed by atoms with E-state index in [-0.39, 0.29) is 17.9 Å². The molecule has 2 amide bonds. The van der Waals surface area contributed by atoms with Crippen LogP contribution in [0.15, 0.2) is 30.3 Å². The van der Waals surface area contributed by atoms with Gasteiger partial charge in [0.2, 0.25) is 5.91 Å². The molecule has 0 aliphatic carbocycles. The highest BCUT2D eigenvalue weighted by molar-refractivity contribution is 6.04. The summed E-state index contributed by atoms with van der Waals surface area (Å²) >= 11 is 0. The molecule has 112 valence electrons. The smallest absolute Gasteiger partial charge is 0.287 e. The molecule has 0 bridgehead atoms. The van der Waals surface area contributed by atoms with Crippen molar-refractivity contribution in [3.8, 4) is 0 Å². The molecule has 2 heterocycles. The van der Waals surface area contributed by atoms with Crippen LogP contribution in [0.4, 0.5) is 0 Å². The SMILES string of the molecule is CN1C(=O)C[C@H]([NH+]2CC[NH+](Cc3ccccc3)CC2)C1=O. The predicted octanol–water partition coefficient (Wildman–Crippen LogP) is -2.27. The lowest BCUT2D eigenvalue weighted by Gasteiger charge is -2.32. The standard InChI is InChI=1S/C16H21N3O2/c1-17-15(20)11-14(16(17)21)19-9-7-18(8-10-19)12-13-5-3-2-4-6-13/h2-6,14H,7-12H2,1H3/p+2/t14-/m0/s1. The summed E-state index contributed by atoms with van der Waals surface area (Å²) < 4.78 is 0. The van der Waals surface area contributed by atoms with E-state index in [1.165, 1.54) is 15.4 Å². The number of rotatable bonds is 3. The number of hydrogen-bond acceptors (Lipinski definition) is 2. The van der Waals surface area contributed by atoms with E-state index in [1.807, 2.05) is 6.07 Å². The number of piperazine rings is 1. The Morgan fingerprint density at radius 1 is 1.10 bits per heavy atom. The van der Waals surface area contributed by atoms with Crippen molar-refractivity contribution in [3.05, 3.63) is 35.9 Å². The van der Waals surface area contributed by atoms with Crippen LogP contribution < -0.4 is 9.80 Å². The lowest BCUT2D eigenvalue weighted by Crippen LogP contribution is -3.29. The van der Waals surface area contributed by atoms with Gasteiger partial charge in [-0.1, -0.05) is 30.3 Å². The first kappa shape index (κ1) is 14.2. The summed E-state index contributed by atoms with van der Waals surface area (Å²) in [6.07, 6.45) is 0.388. The largest absolute Gasteiger partial charge is 0.322 e. The van der Waals surface area contributed by atoms with Gasteiger partial charge in [-0.2, -0.15) is 0 Å². The first-order chi connectivity index (χ1) is 10.1. The van der Waals surface area contributed by atoms with Gasteiger partial charge in [0.1, 0.15) is 32.7 Å². The molecule has 1 aromatic rings. The Kier molecular flexibility index (Phi) is 4.03. The summed E-state index contributed by atoms with van der Waals surface area (Å²) in [5, 5.41) is 0. The molecule has 0 saturated carbocycles. The van der Waals surface area contributed by atoms with Gasteiger partial charge in [-0.15, -0.1) is 0 Å². The molecule has 21 heavy (non-hydrogen) atoms. The molecule has 0 aromatic heterocycles. The van der Waals surface area contributed by atoms with Crippen molar-refractivity contribution >= 4 is 11.8 Å². The molecule has 5 nitrogen and oxygen atoms in total. The molecule has 2 aliphatic rings. The maximum absolute atomic E-state index is 12.1. The van der Waals surface area contributed by atoms with Crippen molar-refractivity contribution in [1.82, 2.24) is 4.90 Å². The maximum Gasteiger partial charge on any atom is 0.287 e. The molecule has 2 aliphatic heterocycles. The molecule has 2 N–H and O–H groups in total. The van der Waals surface area contributed by atoms with E-state index in [9.17, 15) is 9.59 Å². The van der Waals surface area contributed by atoms with Crippen LogP contribution in [0.2, 0.25) is 0 Å². The third kappa shape index (κ3) is 2.99. The fourth-order valence-electron chi connectivity index (χ4n) is 3.41. The van der Waals surface area contributed by atoms with Crippen LogP contribution in [0.25, 0.3) is 0 Å². The van der Waals surface area contributed by atoms with Crippen LogP contribution in [-0.2, 0) is 16.1 Å². The number of likely N-dealkylation sites (tertiary alicyclic amines) is 1. The summed E-state index contributed by atoms with van der Waals surface area (Å²) in [5.74, 6) is -0.0296. The van der Waals surface area contributed by atoms with Gasteiger partial charge in [0.25, 0.3) is 5.91 Å².